The van der Waals surface area contributed by atoms with Crippen LogP contribution >= 0.6 is 24.0 Å². The third-order valence-electron chi connectivity index (χ3n) is 3.04. The minimum absolute atomic E-state index is 0. The molecule has 1 rings (SSSR count). The van der Waals surface area contributed by atoms with E-state index >= 15 is 0 Å². The number of ether oxygens (including phenoxy) is 2. The fraction of sp³-hybridized carbons (Fsp3) is 0.786. The number of aliphatic imine (C=N–C) groups is 1. The Labute approximate surface area is 145 Å². The van der Waals surface area contributed by atoms with Crippen molar-refractivity contribution < 1.29 is 9.47 Å². The number of hydrogen-bond donors (Lipinski definition) is 2. The Morgan fingerprint density at radius 3 is 2.86 bits per heavy atom. The second-order valence-corrected chi connectivity index (χ2v) is 4.69. The lowest BCUT2D eigenvalue weighted by Crippen LogP contribution is -2.37. The zero-order valence-electron chi connectivity index (χ0n) is 12.8. The summed E-state index contributed by atoms with van der Waals surface area (Å²) in [5.74, 6) is 0.499. The first-order chi connectivity index (χ1) is 9.83. The molecule has 0 unspecified atom stereocenters. The van der Waals surface area contributed by atoms with Crippen LogP contribution in [0.25, 0.3) is 0 Å². The first-order valence-electron chi connectivity index (χ1n) is 7.35. The highest BCUT2D eigenvalue weighted by Gasteiger charge is 2.08. The molecule has 1 heterocycles. The van der Waals surface area contributed by atoms with Crippen LogP contribution in [0.3, 0.4) is 0 Å². The number of halogens is 1. The van der Waals surface area contributed by atoms with E-state index in [1.807, 2.05) is 6.08 Å². The van der Waals surface area contributed by atoms with Crippen LogP contribution in [0.1, 0.15) is 12.8 Å². The number of nitrogens with two attached hydrogens (primary N) is 1. The molecular formula is C14H29IN4O2. The Balaban J connectivity index is 0.00000400. The molecule has 0 atom stereocenters. The van der Waals surface area contributed by atoms with Crippen LogP contribution in [-0.2, 0) is 9.47 Å². The Morgan fingerprint density at radius 1 is 1.38 bits per heavy atom. The number of hydrogen-bond acceptors (Lipinski definition) is 4. The van der Waals surface area contributed by atoms with Gasteiger partial charge >= 0.3 is 0 Å². The van der Waals surface area contributed by atoms with Crippen molar-refractivity contribution in [1.82, 2.24) is 10.2 Å². The normalized spacial score (nSPS) is 16.3. The summed E-state index contributed by atoms with van der Waals surface area (Å²) in [6.45, 7) is 11.2. The highest BCUT2D eigenvalue weighted by Crippen LogP contribution is 1.97. The largest absolute Gasteiger partial charge is 0.379 e. The van der Waals surface area contributed by atoms with Gasteiger partial charge in [-0.1, -0.05) is 6.08 Å². The van der Waals surface area contributed by atoms with Gasteiger partial charge in [0.15, 0.2) is 5.96 Å². The SMILES string of the molecule is C=CCCOCCNC(N)=NCCCN1CCOCC1.I. The van der Waals surface area contributed by atoms with Gasteiger partial charge in [-0.2, -0.15) is 0 Å². The minimum Gasteiger partial charge on any atom is -0.379 e. The molecule has 1 fully saturated rings. The second-order valence-electron chi connectivity index (χ2n) is 4.69. The van der Waals surface area contributed by atoms with Gasteiger partial charge in [0.05, 0.1) is 26.4 Å². The first kappa shape index (κ1) is 20.6. The zero-order chi connectivity index (χ0) is 14.5. The zero-order valence-corrected chi connectivity index (χ0v) is 15.1. The maximum Gasteiger partial charge on any atom is 0.188 e. The van der Waals surface area contributed by atoms with Crippen molar-refractivity contribution in [2.24, 2.45) is 10.7 Å². The van der Waals surface area contributed by atoms with Crippen LogP contribution in [-0.4, -0.2) is 70.0 Å². The topological polar surface area (TPSA) is 72.1 Å². The maximum atomic E-state index is 5.77. The predicted octanol–water partition coefficient (Wildman–Crippen LogP) is 0.824. The lowest BCUT2D eigenvalue weighted by Gasteiger charge is -2.26. The quantitative estimate of drug-likeness (QED) is 0.183. The molecule has 0 aromatic rings. The Bertz CT molecular complexity index is 284. The van der Waals surface area contributed by atoms with E-state index in [0.29, 0.717) is 25.7 Å². The van der Waals surface area contributed by atoms with E-state index < -0.39 is 0 Å². The lowest BCUT2D eigenvalue weighted by atomic mass is 10.3. The molecule has 0 spiro atoms. The highest BCUT2D eigenvalue weighted by molar-refractivity contribution is 14.0. The van der Waals surface area contributed by atoms with Crippen molar-refractivity contribution in [3.63, 3.8) is 0 Å². The van der Waals surface area contributed by atoms with Crippen LogP contribution < -0.4 is 11.1 Å². The molecule has 0 bridgehead atoms. The molecule has 21 heavy (non-hydrogen) atoms. The molecule has 124 valence electrons. The molecule has 0 aromatic carbocycles. The summed E-state index contributed by atoms with van der Waals surface area (Å²) in [7, 11) is 0. The summed E-state index contributed by atoms with van der Waals surface area (Å²) in [6.07, 6.45) is 3.75. The number of nitrogens with zero attached hydrogens (tertiary/aromatic N) is 2. The molecule has 3 N–H and O–H groups in total. The van der Waals surface area contributed by atoms with Crippen LogP contribution in [0.4, 0.5) is 0 Å². The summed E-state index contributed by atoms with van der Waals surface area (Å²) < 4.78 is 10.7. The van der Waals surface area contributed by atoms with Gasteiger partial charge in [0.2, 0.25) is 0 Å². The average Bonchev–Trinajstić information content (AvgIpc) is 2.48. The van der Waals surface area contributed by atoms with Crippen molar-refractivity contribution in [3.8, 4) is 0 Å². The van der Waals surface area contributed by atoms with E-state index in [9.17, 15) is 0 Å². The fourth-order valence-corrected chi connectivity index (χ4v) is 1.89. The van der Waals surface area contributed by atoms with Crippen molar-refractivity contribution in [2.45, 2.75) is 12.8 Å². The maximum absolute atomic E-state index is 5.77. The monoisotopic (exact) mass is 412 g/mol. The van der Waals surface area contributed by atoms with Crippen LogP contribution in [0.2, 0.25) is 0 Å². The summed E-state index contributed by atoms with van der Waals surface area (Å²) >= 11 is 0. The average molecular weight is 412 g/mol. The van der Waals surface area contributed by atoms with E-state index in [2.05, 4.69) is 21.8 Å². The molecule has 1 aliphatic heterocycles. The molecule has 6 nitrogen and oxygen atoms in total. The van der Waals surface area contributed by atoms with Gasteiger partial charge < -0.3 is 20.5 Å². The van der Waals surface area contributed by atoms with Crippen molar-refractivity contribution >= 4 is 29.9 Å². The summed E-state index contributed by atoms with van der Waals surface area (Å²) in [4.78, 5) is 6.70. The van der Waals surface area contributed by atoms with Gasteiger partial charge in [-0.15, -0.1) is 30.6 Å². The molecule has 1 aliphatic rings. The fourth-order valence-electron chi connectivity index (χ4n) is 1.89. The van der Waals surface area contributed by atoms with Crippen LogP contribution in [0.15, 0.2) is 17.6 Å². The summed E-state index contributed by atoms with van der Waals surface area (Å²) in [5.41, 5.74) is 5.77. The summed E-state index contributed by atoms with van der Waals surface area (Å²) in [5, 5.41) is 3.04. The van der Waals surface area contributed by atoms with Gasteiger partial charge in [0.25, 0.3) is 0 Å². The van der Waals surface area contributed by atoms with Crippen LogP contribution in [0, 0.1) is 0 Å². The van der Waals surface area contributed by atoms with E-state index in [-0.39, 0.29) is 24.0 Å². The van der Waals surface area contributed by atoms with Gasteiger partial charge in [0, 0.05) is 32.7 Å². The molecule has 0 amide bonds. The van der Waals surface area contributed by atoms with Gasteiger partial charge in [-0.05, 0) is 12.8 Å². The smallest absolute Gasteiger partial charge is 0.188 e. The van der Waals surface area contributed by atoms with Crippen molar-refractivity contribution in [2.75, 3.05) is 59.2 Å². The molecule has 0 aliphatic carbocycles. The number of guanidine groups is 1. The van der Waals surface area contributed by atoms with E-state index in [4.69, 9.17) is 15.2 Å². The van der Waals surface area contributed by atoms with E-state index in [0.717, 1.165) is 52.2 Å². The van der Waals surface area contributed by atoms with Gasteiger partial charge in [0.1, 0.15) is 0 Å². The molecule has 1 saturated heterocycles. The third kappa shape index (κ3) is 11.9. The molecule has 0 saturated carbocycles. The minimum atomic E-state index is 0. The summed E-state index contributed by atoms with van der Waals surface area (Å²) in [6, 6.07) is 0. The first-order valence-corrected chi connectivity index (χ1v) is 7.35. The third-order valence-corrected chi connectivity index (χ3v) is 3.04. The number of rotatable bonds is 10. The number of morpholine rings is 1. The molecule has 0 radical (unpaired) electrons. The molecule has 0 aromatic heterocycles. The standard InChI is InChI=1S/C14H28N4O2.HI/c1-2-3-10-19-11-6-17-14(15)16-5-4-7-18-8-12-20-13-9-18;/h2H,1,3-13H2,(H3,15,16,17);1H. The van der Waals surface area contributed by atoms with Gasteiger partial charge in [-0.25, -0.2) is 0 Å². The van der Waals surface area contributed by atoms with E-state index in [1.165, 1.54) is 0 Å². The molecule has 7 heteroatoms. The van der Waals surface area contributed by atoms with Crippen molar-refractivity contribution in [3.05, 3.63) is 12.7 Å². The second kappa shape index (κ2) is 14.6. The van der Waals surface area contributed by atoms with Crippen LogP contribution in [0.5, 0.6) is 0 Å². The predicted molar refractivity (Wildman–Crippen MR) is 97.4 cm³/mol. The highest BCUT2D eigenvalue weighted by atomic mass is 127. The Morgan fingerprint density at radius 2 is 2.14 bits per heavy atom. The Kier molecular flexibility index (Phi) is 14.3. The van der Waals surface area contributed by atoms with E-state index in [1.54, 1.807) is 0 Å². The Hall–Kier alpha value is -0.380. The molecular weight excluding hydrogens is 383 g/mol. The number of nitrogens with one attached hydrogen (secondary N) is 1. The van der Waals surface area contributed by atoms with Crippen molar-refractivity contribution in [1.29, 1.82) is 0 Å². The lowest BCUT2D eigenvalue weighted by molar-refractivity contribution is 0.0377. The van der Waals surface area contributed by atoms with Gasteiger partial charge in [-0.3, -0.25) is 9.89 Å².